The first kappa shape index (κ1) is 19.3. The molecule has 1 aromatic heterocycles. The number of aliphatic hydroxyl groups is 1. The molecule has 3 heterocycles. The van der Waals surface area contributed by atoms with Crippen molar-refractivity contribution >= 4 is 23.9 Å². The number of aliphatic hydroxyl groups excluding tert-OH is 1. The molecule has 0 aliphatic carbocycles. The average Bonchev–Trinajstić information content (AvgIpc) is 3.17. The first-order valence-electron chi connectivity index (χ1n) is 9.61. The van der Waals surface area contributed by atoms with Crippen LogP contribution in [0.25, 0.3) is 0 Å². The Morgan fingerprint density at radius 1 is 1.31 bits per heavy atom. The van der Waals surface area contributed by atoms with E-state index in [1.165, 1.54) is 0 Å². The third-order valence-electron chi connectivity index (χ3n) is 4.98. The Bertz CT molecular complexity index is 926. The van der Waals surface area contributed by atoms with Crippen LogP contribution in [-0.4, -0.2) is 65.0 Å². The van der Waals surface area contributed by atoms with Gasteiger partial charge in [-0.2, -0.15) is 10.1 Å². The van der Waals surface area contributed by atoms with Gasteiger partial charge in [-0.1, -0.05) is 29.8 Å². The van der Waals surface area contributed by atoms with Crippen LogP contribution in [0.5, 0.6) is 0 Å². The number of nitrogens with zero attached hydrogens (tertiary/aromatic N) is 5. The SMILES string of the molecule is Cc1cccc(/C=N/Nc2nc3c(c(N4CCOCC4)n2)CN(C(=O)CO)C3)c1. The summed E-state index contributed by atoms with van der Waals surface area (Å²) in [6.45, 7) is 4.98. The summed E-state index contributed by atoms with van der Waals surface area (Å²) in [4.78, 5) is 24.9. The lowest BCUT2D eigenvalue weighted by Crippen LogP contribution is -2.37. The van der Waals surface area contributed by atoms with E-state index in [0.29, 0.717) is 32.3 Å². The number of hydrogen-bond donors (Lipinski definition) is 2. The Labute approximate surface area is 169 Å². The number of aryl methyl sites for hydroxylation is 1. The van der Waals surface area contributed by atoms with Crippen molar-refractivity contribution in [3.63, 3.8) is 0 Å². The van der Waals surface area contributed by atoms with Gasteiger partial charge in [-0.3, -0.25) is 4.79 Å². The molecule has 0 unspecified atom stereocenters. The number of benzene rings is 1. The predicted molar refractivity (Wildman–Crippen MR) is 109 cm³/mol. The number of anilines is 2. The second-order valence-corrected chi connectivity index (χ2v) is 7.09. The standard InChI is InChI=1S/C20H24N6O3/c1-14-3-2-4-15(9-14)10-21-24-20-22-17-12-26(18(28)13-27)11-16(17)19(23-20)25-5-7-29-8-6-25/h2-4,9-10,27H,5-8,11-13H2,1H3,(H,22,23,24)/b21-10+. The summed E-state index contributed by atoms with van der Waals surface area (Å²) in [5.74, 6) is 0.857. The third-order valence-corrected chi connectivity index (χ3v) is 4.98. The van der Waals surface area contributed by atoms with Crippen molar-refractivity contribution in [2.24, 2.45) is 5.10 Å². The van der Waals surface area contributed by atoms with Gasteiger partial charge in [-0.05, 0) is 12.5 Å². The van der Waals surface area contributed by atoms with Crippen LogP contribution >= 0.6 is 0 Å². The summed E-state index contributed by atoms with van der Waals surface area (Å²) in [6.07, 6.45) is 1.72. The summed E-state index contributed by atoms with van der Waals surface area (Å²) in [5.41, 5.74) is 6.75. The zero-order valence-corrected chi connectivity index (χ0v) is 16.3. The minimum absolute atomic E-state index is 0.317. The molecule has 0 atom stereocenters. The smallest absolute Gasteiger partial charge is 0.248 e. The van der Waals surface area contributed by atoms with Crippen molar-refractivity contribution in [1.82, 2.24) is 14.9 Å². The first-order chi connectivity index (χ1) is 14.1. The molecule has 29 heavy (non-hydrogen) atoms. The zero-order chi connectivity index (χ0) is 20.2. The van der Waals surface area contributed by atoms with Crippen molar-refractivity contribution < 1.29 is 14.6 Å². The highest BCUT2D eigenvalue weighted by Gasteiger charge is 2.30. The second kappa shape index (κ2) is 8.54. The molecule has 0 radical (unpaired) electrons. The lowest BCUT2D eigenvalue weighted by molar-refractivity contribution is -0.134. The van der Waals surface area contributed by atoms with Gasteiger partial charge in [-0.25, -0.2) is 10.4 Å². The van der Waals surface area contributed by atoms with Crippen LogP contribution in [0.2, 0.25) is 0 Å². The fraction of sp³-hybridized carbons (Fsp3) is 0.400. The van der Waals surface area contributed by atoms with Crippen molar-refractivity contribution in [3.05, 3.63) is 46.6 Å². The summed E-state index contributed by atoms with van der Waals surface area (Å²) < 4.78 is 5.45. The van der Waals surface area contributed by atoms with Gasteiger partial charge in [0.05, 0.1) is 38.2 Å². The number of aromatic nitrogens is 2. The topological polar surface area (TPSA) is 103 Å². The second-order valence-electron chi connectivity index (χ2n) is 7.09. The Kier molecular flexibility index (Phi) is 5.68. The van der Waals surface area contributed by atoms with E-state index in [2.05, 4.69) is 25.4 Å². The maximum atomic E-state index is 12.0. The van der Waals surface area contributed by atoms with Crippen LogP contribution in [0.4, 0.5) is 11.8 Å². The Balaban J connectivity index is 1.59. The summed E-state index contributed by atoms with van der Waals surface area (Å²) in [6, 6.07) is 8.01. The van der Waals surface area contributed by atoms with Crippen LogP contribution in [0, 0.1) is 6.92 Å². The third kappa shape index (κ3) is 4.36. The number of hydrogen-bond acceptors (Lipinski definition) is 8. The molecule has 4 rings (SSSR count). The minimum atomic E-state index is -0.514. The number of carbonyl (C=O) groups excluding carboxylic acids is 1. The Morgan fingerprint density at radius 2 is 2.14 bits per heavy atom. The van der Waals surface area contributed by atoms with E-state index in [1.807, 2.05) is 31.2 Å². The van der Waals surface area contributed by atoms with E-state index in [-0.39, 0.29) is 5.91 Å². The maximum absolute atomic E-state index is 12.0. The van der Waals surface area contributed by atoms with Crippen molar-refractivity contribution in [3.8, 4) is 0 Å². The molecule has 2 aliphatic heterocycles. The molecule has 1 saturated heterocycles. The van der Waals surface area contributed by atoms with Gasteiger partial charge in [0.1, 0.15) is 12.4 Å². The van der Waals surface area contributed by atoms with E-state index >= 15 is 0 Å². The van der Waals surface area contributed by atoms with Gasteiger partial charge in [0, 0.05) is 18.7 Å². The molecule has 0 bridgehead atoms. The van der Waals surface area contributed by atoms with E-state index < -0.39 is 6.61 Å². The molecule has 152 valence electrons. The summed E-state index contributed by atoms with van der Waals surface area (Å²) >= 11 is 0. The monoisotopic (exact) mass is 396 g/mol. The summed E-state index contributed by atoms with van der Waals surface area (Å²) in [5, 5.41) is 13.5. The molecule has 9 nitrogen and oxygen atoms in total. The molecule has 0 saturated carbocycles. The Morgan fingerprint density at radius 3 is 2.90 bits per heavy atom. The van der Waals surface area contributed by atoms with Gasteiger partial charge < -0.3 is 19.6 Å². The highest BCUT2D eigenvalue weighted by Crippen LogP contribution is 2.31. The number of morpholine rings is 1. The Hall–Kier alpha value is -3.04. The molecule has 1 aromatic carbocycles. The number of rotatable bonds is 5. The number of nitrogens with one attached hydrogen (secondary N) is 1. The average molecular weight is 396 g/mol. The molecule has 2 N–H and O–H groups in total. The lowest BCUT2D eigenvalue weighted by Gasteiger charge is -2.29. The number of ether oxygens (including phenoxy) is 1. The molecule has 2 aliphatic rings. The maximum Gasteiger partial charge on any atom is 0.248 e. The van der Waals surface area contributed by atoms with E-state index in [9.17, 15) is 9.90 Å². The van der Waals surface area contributed by atoms with Crippen LogP contribution in [0.1, 0.15) is 22.4 Å². The van der Waals surface area contributed by atoms with Gasteiger partial charge in [0.15, 0.2) is 0 Å². The molecule has 1 fully saturated rings. The van der Waals surface area contributed by atoms with E-state index in [4.69, 9.17) is 4.74 Å². The quantitative estimate of drug-likeness (QED) is 0.572. The molecule has 9 heteroatoms. The normalized spacial score (nSPS) is 16.3. The number of amides is 1. The highest BCUT2D eigenvalue weighted by molar-refractivity contribution is 5.80. The summed E-state index contributed by atoms with van der Waals surface area (Å²) in [7, 11) is 0. The minimum Gasteiger partial charge on any atom is -0.387 e. The van der Waals surface area contributed by atoms with Gasteiger partial charge >= 0.3 is 0 Å². The fourth-order valence-corrected chi connectivity index (χ4v) is 3.52. The highest BCUT2D eigenvalue weighted by atomic mass is 16.5. The number of carbonyl (C=O) groups is 1. The molecular formula is C20H24N6O3. The molecule has 1 amide bonds. The van der Waals surface area contributed by atoms with Crippen LogP contribution in [-0.2, 0) is 22.6 Å². The van der Waals surface area contributed by atoms with E-state index in [0.717, 1.165) is 41.3 Å². The number of fused-ring (bicyclic) bond motifs is 1. The zero-order valence-electron chi connectivity index (χ0n) is 16.3. The fourth-order valence-electron chi connectivity index (χ4n) is 3.52. The van der Waals surface area contributed by atoms with Crippen molar-refractivity contribution in [2.75, 3.05) is 43.2 Å². The van der Waals surface area contributed by atoms with E-state index in [1.54, 1.807) is 11.1 Å². The predicted octanol–water partition coefficient (Wildman–Crippen LogP) is 0.902. The van der Waals surface area contributed by atoms with Crippen LogP contribution in [0.3, 0.4) is 0 Å². The van der Waals surface area contributed by atoms with Gasteiger partial charge in [0.2, 0.25) is 11.9 Å². The van der Waals surface area contributed by atoms with Crippen LogP contribution < -0.4 is 10.3 Å². The first-order valence-corrected chi connectivity index (χ1v) is 9.61. The molecule has 2 aromatic rings. The largest absolute Gasteiger partial charge is 0.387 e. The van der Waals surface area contributed by atoms with Crippen molar-refractivity contribution in [2.45, 2.75) is 20.0 Å². The van der Waals surface area contributed by atoms with Crippen LogP contribution in [0.15, 0.2) is 29.4 Å². The number of hydrazone groups is 1. The molecular weight excluding hydrogens is 372 g/mol. The molecule has 0 spiro atoms. The van der Waals surface area contributed by atoms with Crippen molar-refractivity contribution in [1.29, 1.82) is 0 Å². The van der Waals surface area contributed by atoms with Gasteiger partial charge in [0.25, 0.3) is 0 Å². The lowest BCUT2D eigenvalue weighted by atomic mass is 10.2. The van der Waals surface area contributed by atoms with Gasteiger partial charge in [-0.15, -0.1) is 0 Å².